The van der Waals surface area contributed by atoms with E-state index in [1.165, 1.54) is 4.31 Å². The fraction of sp³-hybridized carbons (Fsp3) is 0.381. The number of hydrogen-bond acceptors (Lipinski definition) is 4. The second-order valence-electron chi connectivity index (χ2n) is 7.25. The fourth-order valence-electron chi connectivity index (χ4n) is 3.86. The third-order valence-corrected chi connectivity index (χ3v) is 7.37. The Morgan fingerprint density at radius 3 is 2.14 bits per heavy atom. The van der Waals surface area contributed by atoms with Crippen LogP contribution in [0.15, 0.2) is 59.5 Å². The van der Waals surface area contributed by atoms with E-state index >= 15 is 0 Å². The lowest BCUT2D eigenvalue weighted by atomic mass is 10.2. The number of amides is 1. The van der Waals surface area contributed by atoms with E-state index in [0.29, 0.717) is 36.6 Å². The summed E-state index contributed by atoms with van der Waals surface area (Å²) in [5.41, 5.74) is 1.61. The number of anilines is 1. The standard InChI is InChI=1S/C21H25N3O3S/c25-21(18-7-2-1-3-8-18)23-13-15-24(16-14-23)28(26,27)20-10-6-9-19(17-20)22-11-4-5-12-22/h1-3,6-10,17H,4-5,11-16H2. The van der Waals surface area contributed by atoms with Crippen LogP contribution in [0.1, 0.15) is 23.2 Å². The second-order valence-corrected chi connectivity index (χ2v) is 9.19. The van der Waals surface area contributed by atoms with E-state index in [2.05, 4.69) is 4.90 Å². The Hall–Kier alpha value is -2.38. The van der Waals surface area contributed by atoms with Gasteiger partial charge in [0, 0.05) is 50.5 Å². The van der Waals surface area contributed by atoms with Gasteiger partial charge in [-0.05, 0) is 43.2 Å². The van der Waals surface area contributed by atoms with Gasteiger partial charge in [0.25, 0.3) is 5.91 Å². The summed E-state index contributed by atoms with van der Waals surface area (Å²) in [5, 5.41) is 0. The highest BCUT2D eigenvalue weighted by Crippen LogP contribution is 2.25. The highest BCUT2D eigenvalue weighted by molar-refractivity contribution is 7.89. The lowest BCUT2D eigenvalue weighted by molar-refractivity contribution is 0.0698. The third kappa shape index (κ3) is 3.77. The first-order valence-corrected chi connectivity index (χ1v) is 11.2. The van der Waals surface area contributed by atoms with Crippen LogP contribution in [0.25, 0.3) is 0 Å². The number of hydrogen-bond donors (Lipinski definition) is 0. The Morgan fingerprint density at radius 1 is 0.786 bits per heavy atom. The van der Waals surface area contributed by atoms with Gasteiger partial charge in [0.05, 0.1) is 4.90 Å². The molecule has 2 fully saturated rings. The largest absolute Gasteiger partial charge is 0.371 e. The third-order valence-electron chi connectivity index (χ3n) is 5.47. The first kappa shape index (κ1) is 19.0. The first-order valence-electron chi connectivity index (χ1n) is 9.75. The number of nitrogens with zero attached hydrogens (tertiary/aromatic N) is 3. The van der Waals surface area contributed by atoms with Crippen LogP contribution in [-0.2, 0) is 10.0 Å². The van der Waals surface area contributed by atoms with Crippen LogP contribution in [-0.4, -0.2) is 62.8 Å². The van der Waals surface area contributed by atoms with Crippen molar-refractivity contribution < 1.29 is 13.2 Å². The maximum Gasteiger partial charge on any atom is 0.253 e. The molecule has 0 aromatic heterocycles. The van der Waals surface area contributed by atoms with Crippen LogP contribution >= 0.6 is 0 Å². The molecule has 0 unspecified atom stereocenters. The fourth-order valence-corrected chi connectivity index (χ4v) is 5.32. The van der Waals surface area contributed by atoms with Crippen molar-refractivity contribution in [3.05, 3.63) is 60.2 Å². The van der Waals surface area contributed by atoms with E-state index in [0.717, 1.165) is 31.6 Å². The predicted molar refractivity (Wildman–Crippen MR) is 109 cm³/mol. The summed E-state index contributed by atoms with van der Waals surface area (Å²) < 4.78 is 27.7. The van der Waals surface area contributed by atoms with Crippen molar-refractivity contribution in [2.24, 2.45) is 0 Å². The quantitative estimate of drug-likeness (QED) is 0.792. The van der Waals surface area contributed by atoms with Crippen molar-refractivity contribution in [1.29, 1.82) is 0 Å². The van der Waals surface area contributed by atoms with Crippen molar-refractivity contribution in [3.8, 4) is 0 Å². The van der Waals surface area contributed by atoms with Crippen molar-refractivity contribution >= 4 is 21.6 Å². The van der Waals surface area contributed by atoms with E-state index in [-0.39, 0.29) is 5.91 Å². The lowest BCUT2D eigenvalue weighted by Crippen LogP contribution is -2.50. The molecule has 7 heteroatoms. The van der Waals surface area contributed by atoms with Crippen molar-refractivity contribution in [2.45, 2.75) is 17.7 Å². The van der Waals surface area contributed by atoms with Crippen molar-refractivity contribution in [3.63, 3.8) is 0 Å². The van der Waals surface area contributed by atoms with Crippen LogP contribution in [0.2, 0.25) is 0 Å². The molecule has 6 nitrogen and oxygen atoms in total. The maximum absolute atomic E-state index is 13.1. The van der Waals surface area contributed by atoms with E-state index in [1.54, 1.807) is 29.2 Å². The highest BCUT2D eigenvalue weighted by atomic mass is 32.2. The molecule has 2 aliphatic heterocycles. The van der Waals surface area contributed by atoms with Crippen LogP contribution in [0, 0.1) is 0 Å². The molecule has 148 valence electrons. The molecule has 0 bridgehead atoms. The second kappa shape index (κ2) is 7.93. The van der Waals surface area contributed by atoms with Gasteiger partial charge in [-0.2, -0.15) is 4.31 Å². The van der Waals surface area contributed by atoms with E-state index in [4.69, 9.17) is 0 Å². The molecule has 0 radical (unpaired) electrons. The SMILES string of the molecule is O=C(c1ccccc1)N1CCN(S(=O)(=O)c2cccc(N3CCCC3)c2)CC1. The smallest absolute Gasteiger partial charge is 0.253 e. The molecule has 28 heavy (non-hydrogen) atoms. The monoisotopic (exact) mass is 399 g/mol. The molecule has 0 atom stereocenters. The maximum atomic E-state index is 13.1. The Labute approximate surface area is 166 Å². The number of sulfonamides is 1. The van der Waals surface area contributed by atoms with E-state index < -0.39 is 10.0 Å². The average Bonchev–Trinajstić information content (AvgIpc) is 3.29. The zero-order valence-electron chi connectivity index (χ0n) is 15.8. The average molecular weight is 400 g/mol. The van der Waals surface area contributed by atoms with Gasteiger partial charge in [-0.25, -0.2) is 8.42 Å². The Balaban J connectivity index is 1.45. The normalized spacial score (nSPS) is 18.4. The van der Waals surface area contributed by atoms with Crippen LogP contribution < -0.4 is 4.90 Å². The minimum absolute atomic E-state index is 0.0475. The molecule has 2 heterocycles. The summed E-state index contributed by atoms with van der Waals surface area (Å²) >= 11 is 0. The summed E-state index contributed by atoms with van der Waals surface area (Å²) in [7, 11) is -3.56. The molecular formula is C21H25N3O3S. The number of piperazine rings is 1. The van der Waals surface area contributed by atoms with Crippen LogP contribution in [0.4, 0.5) is 5.69 Å². The topological polar surface area (TPSA) is 60.9 Å². The first-order chi connectivity index (χ1) is 13.6. The summed E-state index contributed by atoms with van der Waals surface area (Å²) in [4.78, 5) is 16.9. The zero-order chi connectivity index (χ0) is 19.6. The van der Waals surface area contributed by atoms with Crippen LogP contribution in [0.5, 0.6) is 0 Å². The molecule has 1 amide bonds. The van der Waals surface area contributed by atoms with Crippen molar-refractivity contribution in [1.82, 2.24) is 9.21 Å². The van der Waals surface area contributed by atoms with Gasteiger partial charge in [0.2, 0.25) is 10.0 Å². The van der Waals surface area contributed by atoms with E-state index in [9.17, 15) is 13.2 Å². The van der Waals surface area contributed by atoms with Gasteiger partial charge in [0.15, 0.2) is 0 Å². The minimum atomic E-state index is -3.56. The summed E-state index contributed by atoms with van der Waals surface area (Å²) in [6.07, 6.45) is 2.29. The molecular weight excluding hydrogens is 374 g/mol. The zero-order valence-corrected chi connectivity index (χ0v) is 16.6. The Bertz CT molecular complexity index is 932. The molecule has 2 aromatic rings. The van der Waals surface area contributed by atoms with Gasteiger partial charge >= 0.3 is 0 Å². The van der Waals surface area contributed by atoms with Gasteiger partial charge in [-0.1, -0.05) is 24.3 Å². The lowest BCUT2D eigenvalue weighted by Gasteiger charge is -2.34. The van der Waals surface area contributed by atoms with Gasteiger partial charge in [-0.15, -0.1) is 0 Å². The number of carbonyl (C=O) groups excluding carboxylic acids is 1. The van der Waals surface area contributed by atoms with Gasteiger partial charge in [0.1, 0.15) is 0 Å². The molecule has 0 spiro atoms. The Kier molecular flexibility index (Phi) is 5.37. The van der Waals surface area contributed by atoms with Crippen molar-refractivity contribution in [2.75, 3.05) is 44.2 Å². The van der Waals surface area contributed by atoms with Gasteiger partial charge < -0.3 is 9.80 Å². The minimum Gasteiger partial charge on any atom is -0.371 e. The molecule has 0 N–H and O–H groups in total. The molecule has 2 saturated heterocycles. The summed E-state index contributed by atoms with van der Waals surface area (Å²) in [6, 6.07) is 16.3. The Morgan fingerprint density at radius 2 is 1.46 bits per heavy atom. The molecule has 2 aliphatic rings. The molecule has 4 rings (SSSR count). The van der Waals surface area contributed by atoms with Crippen LogP contribution in [0.3, 0.4) is 0 Å². The number of carbonyl (C=O) groups is 1. The highest BCUT2D eigenvalue weighted by Gasteiger charge is 2.30. The molecule has 0 aliphatic carbocycles. The number of rotatable bonds is 4. The summed E-state index contributed by atoms with van der Waals surface area (Å²) in [6.45, 7) is 3.38. The molecule has 0 saturated carbocycles. The summed E-state index contributed by atoms with van der Waals surface area (Å²) in [5.74, 6) is -0.0475. The van der Waals surface area contributed by atoms with Gasteiger partial charge in [-0.3, -0.25) is 4.79 Å². The number of benzene rings is 2. The van der Waals surface area contributed by atoms with E-state index in [1.807, 2.05) is 30.3 Å². The molecule has 2 aromatic carbocycles. The predicted octanol–water partition coefficient (Wildman–Crippen LogP) is 2.43.